The van der Waals surface area contributed by atoms with Crippen molar-refractivity contribution in [1.29, 1.82) is 0 Å². The number of hydrogen-bond acceptors (Lipinski definition) is 3. The van der Waals surface area contributed by atoms with Crippen LogP contribution < -0.4 is 4.18 Å². The summed E-state index contributed by atoms with van der Waals surface area (Å²) in [4.78, 5) is 0. The number of hydrogen-bond donors (Lipinski definition) is 0. The van der Waals surface area contributed by atoms with Crippen LogP contribution in [0.2, 0.25) is 0 Å². The predicted molar refractivity (Wildman–Crippen MR) is 42.0 cm³/mol. The van der Waals surface area contributed by atoms with Gasteiger partial charge in [0.2, 0.25) is 0 Å². The van der Waals surface area contributed by atoms with Crippen LogP contribution in [0.4, 0.5) is 17.6 Å². The Hall–Kier alpha value is -1.31. The number of alkyl halides is 3. The first kappa shape index (κ1) is 11.8. The van der Waals surface area contributed by atoms with E-state index in [1.54, 1.807) is 0 Å². The second-order valence-electron chi connectivity index (χ2n) is 2.41. The SMILES string of the molecule is O=S(=O)(Oc1ccccc1F)C(F)(F)F. The van der Waals surface area contributed by atoms with Gasteiger partial charge in [-0.15, -0.1) is 0 Å². The van der Waals surface area contributed by atoms with Gasteiger partial charge in [0.05, 0.1) is 0 Å². The third-order valence-corrected chi connectivity index (χ3v) is 2.29. The topological polar surface area (TPSA) is 43.4 Å². The average Bonchev–Trinajstić information content (AvgIpc) is 2.06. The van der Waals surface area contributed by atoms with Crippen molar-refractivity contribution in [3.8, 4) is 5.75 Å². The molecule has 0 N–H and O–H groups in total. The highest BCUT2D eigenvalue weighted by Crippen LogP contribution is 2.27. The molecule has 0 aliphatic carbocycles. The zero-order valence-corrected chi connectivity index (χ0v) is 7.77. The van der Waals surface area contributed by atoms with Crippen molar-refractivity contribution in [3.63, 3.8) is 0 Å². The molecule has 0 heterocycles. The molecule has 84 valence electrons. The van der Waals surface area contributed by atoms with E-state index in [-0.39, 0.29) is 0 Å². The lowest BCUT2D eigenvalue weighted by atomic mass is 10.3. The normalized spacial score (nSPS) is 12.5. The maximum atomic E-state index is 12.8. The maximum absolute atomic E-state index is 12.8. The highest BCUT2D eigenvalue weighted by molar-refractivity contribution is 7.87. The van der Waals surface area contributed by atoms with E-state index in [0.29, 0.717) is 0 Å². The molecule has 0 fully saturated rings. The monoisotopic (exact) mass is 244 g/mol. The molecule has 0 aromatic heterocycles. The maximum Gasteiger partial charge on any atom is 0.534 e. The smallest absolute Gasteiger partial charge is 0.373 e. The van der Waals surface area contributed by atoms with Crippen molar-refractivity contribution < 1.29 is 30.2 Å². The molecule has 1 aromatic carbocycles. The van der Waals surface area contributed by atoms with E-state index in [1.807, 2.05) is 0 Å². The zero-order chi connectivity index (χ0) is 11.7. The van der Waals surface area contributed by atoms with Crippen molar-refractivity contribution in [2.45, 2.75) is 5.51 Å². The molecule has 0 radical (unpaired) electrons. The first-order valence-corrected chi connectivity index (χ1v) is 4.90. The number of rotatable bonds is 2. The van der Waals surface area contributed by atoms with Gasteiger partial charge in [-0.05, 0) is 12.1 Å². The van der Waals surface area contributed by atoms with Gasteiger partial charge in [0.1, 0.15) is 0 Å². The third kappa shape index (κ3) is 2.58. The molecule has 0 aliphatic heterocycles. The Morgan fingerprint density at radius 1 is 1.13 bits per heavy atom. The van der Waals surface area contributed by atoms with Gasteiger partial charge in [-0.2, -0.15) is 21.6 Å². The lowest BCUT2D eigenvalue weighted by Gasteiger charge is -2.09. The summed E-state index contributed by atoms with van der Waals surface area (Å²) in [5.41, 5.74) is -5.57. The summed E-state index contributed by atoms with van der Waals surface area (Å²) in [6.45, 7) is 0. The van der Waals surface area contributed by atoms with Crippen molar-refractivity contribution in [1.82, 2.24) is 0 Å². The fraction of sp³-hybridized carbons (Fsp3) is 0.143. The minimum atomic E-state index is -5.81. The summed E-state index contributed by atoms with van der Waals surface area (Å²) in [5, 5.41) is 0. The molecule has 0 spiro atoms. The van der Waals surface area contributed by atoms with E-state index in [0.717, 1.165) is 18.2 Å². The standard InChI is InChI=1S/C7H4F4O3S/c8-5-3-1-2-4-6(5)14-15(12,13)7(9,10)11/h1-4H. The number of benzene rings is 1. The van der Waals surface area contributed by atoms with Gasteiger partial charge >= 0.3 is 15.6 Å². The summed E-state index contributed by atoms with van der Waals surface area (Å²) >= 11 is 0. The highest BCUT2D eigenvalue weighted by atomic mass is 32.2. The molecule has 0 saturated heterocycles. The van der Waals surface area contributed by atoms with Crippen molar-refractivity contribution in [3.05, 3.63) is 30.1 Å². The van der Waals surface area contributed by atoms with Crippen LogP contribution in [0.25, 0.3) is 0 Å². The molecule has 8 heteroatoms. The highest BCUT2D eigenvalue weighted by Gasteiger charge is 2.48. The van der Waals surface area contributed by atoms with Gasteiger partial charge in [0, 0.05) is 0 Å². The summed E-state index contributed by atoms with van der Waals surface area (Å²) in [6, 6.07) is 3.88. The Bertz CT molecular complexity index is 452. The van der Waals surface area contributed by atoms with E-state index in [2.05, 4.69) is 4.18 Å². The minimum Gasteiger partial charge on any atom is -0.373 e. The molecule has 0 saturated carbocycles. The van der Waals surface area contributed by atoms with Gasteiger partial charge in [0.25, 0.3) is 0 Å². The van der Waals surface area contributed by atoms with Crippen LogP contribution in [0.5, 0.6) is 5.75 Å². The molecular weight excluding hydrogens is 240 g/mol. The van der Waals surface area contributed by atoms with Gasteiger partial charge < -0.3 is 4.18 Å². The molecule has 0 aliphatic rings. The fourth-order valence-corrected chi connectivity index (χ4v) is 1.14. The van der Waals surface area contributed by atoms with Crippen LogP contribution in [0, 0.1) is 5.82 Å². The van der Waals surface area contributed by atoms with Gasteiger partial charge in [-0.1, -0.05) is 12.1 Å². The molecule has 0 unspecified atom stereocenters. The third-order valence-electron chi connectivity index (χ3n) is 1.32. The lowest BCUT2D eigenvalue weighted by molar-refractivity contribution is -0.0500. The van der Waals surface area contributed by atoms with Gasteiger partial charge in [-0.25, -0.2) is 4.39 Å². The predicted octanol–water partition coefficient (Wildman–Crippen LogP) is 2.05. The summed E-state index contributed by atoms with van der Waals surface area (Å²) in [7, 11) is -5.81. The summed E-state index contributed by atoms with van der Waals surface area (Å²) in [5.74, 6) is -2.18. The molecular formula is C7H4F4O3S. The molecule has 0 bridgehead atoms. The van der Waals surface area contributed by atoms with Gasteiger partial charge in [-0.3, -0.25) is 0 Å². The summed E-state index contributed by atoms with van der Waals surface area (Å²) in [6.07, 6.45) is 0. The zero-order valence-electron chi connectivity index (χ0n) is 6.95. The number of halogens is 4. The van der Waals surface area contributed by atoms with Crippen molar-refractivity contribution in [2.75, 3.05) is 0 Å². The Morgan fingerprint density at radius 3 is 2.13 bits per heavy atom. The second-order valence-corrected chi connectivity index (χ2v) is 3.95. The number of para-hydroxylation sites is 1. The lowest BCUT2D eigenvalue weighted by Crippen LogP contribution is -2.28. The van der Waals surface area contributed by atoms with Crippen LogP contribution >= 0.6 is 0 Å². The quantitative estimate of drug-likeness (QED) is 0.454. The van der Waals surface area contributed by atoms with E-state index in [4.69, 9.17) is 0 Å². The molecule has 1 aromatic rings. The van der Waals surface area contributed by atoms with E-state index < -0.39 is 27.2 Å². The first-order valence-electron chi connectivity index (χ1n) is 3.49. The second kappa shape index (κ2) is 3.69. The molecule has 15 heavy (non-hydrogen) atoms. The Morgan fingerprint density at radius 2 is 1.67 bits per heavy atom. The Balaban J connectivity index is 3.03. The Kier molecular flexibility index (Phi) is 2.89. The van der Waals surface area contributed by atoms with Crippen molar-refractivity contribution >= 4 is 10.1 Å². The molecule has 1 rings (SSSR count). The van der Waals surface area contributed by atoms with Crippen LogP contribution in [0.15, 0.2) is 24.3 Å². The largest absolute Gasteiger partial charge is 0.534 e. The van der Waals surface area contributed by atoms with Crippen LogP contribution in [0.1, 0.15) is 0 Å². The van der Waals surface area contributed by atoms with Crippen molar-refractivity contribution in [2.24, 2.45) is 0 Å². The van der Waals surface area contributed by atoms with Crippen LogP contribution in [-0.4, -0.2) is 13.9 Å². The van der Waals surface area contributed by atoms with Crippen LogP contribution in [0.3, 0.4) is 0 Å². The van der Waals surface area contributed by atoms with E-state index >= 15 is 0 Å². The Labute approximate surface area is 82.4 Å². The average molecular weight is 244 g/mol. The van der Waals surface area contributed by atoms with Gasteiger partial charge in [0.15, 0.2) is 11.6 Å². The van der Waals surface area contributed by atoms with Crippen LogP contribution in [-0.2, 0) is 10.1 Å². The van der Waals surface area contributed by atoms with E-state index in [9.17, 15) is 26.0 Å². The molecule has 3 nitrogen and oxygen atoms in total. The first-order chi connectivity index (χ1) is 6.74. The molecule has 0 amide bonds. The molecule has 0 atom stereocenters. The summed E-state index contributed by atoms with van der Waals surface area (Å²) < 4.78 is 72.7. The fourth-order valence-electron chi connectivity index (χ4n) is 0.678. The van der Waals surface area contributed by atoms with E-state index in [1.165, 1.54) is 6.07 Å². The minimum absolute atomic E-state index is 0.776.